The highest BCUT2D eigenvalue weighted by Gasteiger charge is 2.10. The van der Waals surface area contributed by atoms with Gasteiger partial charge in [0.25, 0.3) is 0 Å². The van der Waals surface area contributed by atoms with Crippen molar-refractivity contribution in [3.05, 3.63) is 57.8 Å². The van der Waals surface area contributed by atoms with Crippen LogP contribution in [-0.4, -0.2) is 0 Å². The second kappa shape index (κ2) is 5.72. The van der Waals surface area contributed by atoms with Crippen molar-refractivity contribution in [3.8, 4) is 11.5 Å². The summed E-state index contributed by atoms with van der Waals surface area (Å²) < 4.78 is 20.3. The number of nitrogens with two attached hydrogens (primary N) is 1. The molecule has 2 aromatic rings. The maximum atomic E-state index is 13.8. The molecule has 0 amide bonds. The normalized spacial score (nSPS) is 12.3. The summed E-state index contributed by atoms with van der Waals surface area (Å²) in [5.41, 5.74) is 7.37. The van der Waals surface area contributed by atoms with Crippen molar-refractivity contribution >= 4 is 15.9 Å². The second-order valence-corrected chi connectivity index (χ2v) is 5.32. The molecule has 0 aliphatic carbocycles. The third-order valence-electron chi connectivity index (χ3n) is 2.85. The first-order chi connectivity index (χ1) is 8.99. The van der Waals surface area contributed by atoms with E-state index in [0.717, 1.165) is 10.0 Å². The topological polar surface area (TPSA) is 35.2 Å². The minimum atomic E-state index is -0.338. The van der Waals surface area contributed by atoms with E-state index in [4.69, 9.17) is 10.5 Å². The molecule has 1 unspecified atom stereocenters. The lowest BCUT2D eigenvalue weighted by molar-refractivity contribution is 0.439. The Morgan fingerprint density at radius 3 is 2.63 bits per heavy atom. The average Bonchev–Trinajstić information content (AvgIpc) is 2.34. The molecule has 0 saturated heterocycles. The van der Waals surface area contributed by atoms with Gasteiger partial charge in [-0.1, -0.05) is 34.1 Å². The van der Waals surface area contributed by atoms with E-state index in [1.807, 2.05) is 13.0 Å². The molecule has 0 aromatic heterocycles. The van der Waals surface area contributed by atoms with Gasteiger partial charge < -0.3 is 10.5 Å². The summed E-state index contributed by atoms with van der Waals surface area (Å²) in [6, 6.07) is 10.5. The van der Waals surface area contributed by atoms with Gasteiger partial charge in [0.1, 0.15) is 5.75 Å². The first-order valence-electron chi connectivity index (χ1n) is 5.97. The Bertz CT molecular complexity index is 599. The molecule has 2 N–H and O–H groups in total. The maximum Gasteiger partial charge on any atom is 0.168 e. The van der Waals surface area contributed by atoms with E-state index >= 15 is 0 Å². The Labute approximate surface area is 120 Å². The van der Waals surface area contributed by atoms with Gasteiger partial charge in [-0.25, -0.2) is 4.39 Å². The zero-order valence-electron chi connectivity index (χ0n) is 10.8. The highest BCUT2D eigenvalue weighted by Crippen LogP contribution is 2.31. The largest absolute Gasteiger partial charge is 0.454 e. The van der Waals surface area contributed by atoms with Crippen molar-refractivity contribution in [1.82, 2.24) is 0 Å². The van der Waals surface area contributed by atoms with Gasteiger partial charge in [-0.3, -0.25) is 0 Å². The fraction of sp³-hybridized carbons (Fsp3) is 0.200. The Hall–Kier alpha value is -1.39. The molecular weight excluding hydrogens is 309 g/mol. The van der Waals surface area contributed by atoms with Gasteiger partial charge in [0.2, 0.25) is 0 Å². The SMILES string of the molecule is Cc1cccc(Oc2ccc(C(C)N)c(Br)c2)c1F. The number of ether oxygens (including phenoxy) is 1. The summed E-state index contributed by atoms with van der Waals surface area (Å²) in [7, 11) is 0. The van der Waals surface area contributed by atoms with E-state index in [1.165, 1.54) is 0 Å². The Kier molecular flexibility index (Phi) is 4.22. The molecule has 19 heavy (non-hydrogen) atoms. The number of hydrogen-bond donors (Lipinski definition) is 1. The first-order valence-corrected chi connectivity index (χ1v) is 6.76. The van der Waals surface area contributed by atoms with Crippen LogP contribution in [0.3, 0.4) is 0 Å². The first kappa shape index (κ1) is 14.0. The monoisotopic (exact) mass is 323 g/mol. The van der Waals surface area contributed by atoms with Crippen molar-refractivity contribution in [2.24, 2.45) is 5.73 Å². The molecule has 100 valence electrons. The van der Waals surface area contributed by atoms with Crippen LogP contribution in [-0.2, 0) is 0 Å². The summed E-state index contributed by atoms with van der Waals surface area (Å²) in [6.07, 6.45) is 0. The zero-order chi connectivity index (χ0) is 14.0. The molecule has 4 heteroatoms. The summed E-state index contributed by atoms with van der Waals surface area (Å²) in [6.45, 7) is 3.61. The molecule has 0 bridgehead atoms. The molecule has 0 radical (unpaired) electrons. The van der Waals surface area contributed by atoms with Gasteiger partial charge in [-0.15, -0.1) is 0 Å². The van der Waals surface area contributed by atoms with E-state index in [1.54, 1.807) is 37.3 Å². The lowest BCUT2D eigenvalue weighted by atomic mass is 10.1. The number of aryl methyl sites for hydroxylation is 1. The number of halogens is 2. The lowest BCUT2D eigenvalue weighted by Gasteiger charge is -2.12. The van der Waals surface area contributed by atoms with Gasteiger partial charge >= 0.3 is 0 Å². The van der Waals surface area contributed by atoms with Crippen molar-refractivity contribution < 1.29 is 9.13 Å². The molecule has 0 fully saturated rings. The minimum absolute atomic E-state index is 0.0702. The van der Waals surface area contributed by atoms with Crippen molar-refractivity contribution in [2.75, 3.05) is 0 Å². The predicted molar refractivity (Wildman–Crippen MR) is 78.0 cm³/mol. The van der Waals surface area contributed by atoms with Crippen LogP contribution in [0, 0.1) is 12.7 Å². The van der Waals surface area contributed by atoms with Crippen LogP contribution in [0.1, 0.15) is 24.1 Å². The molecule has 0 spiro atoms. The predicted octanol–water partition coefficient (Wildman–Crippen LogP) is 4.71. The zero-order valence-corrected chi connectivity index (χ0v) is 12.4. The molecule has 0 heterocycles. The minimum Gasteiger partial charge on any atom is -0.454 e. The number of hydrogen-bond acceptors (Lipinski definition) is 2. The molecular formula is C15H15BrFNO. The molecule has 0 aliphatic heterocycles. The average molecular weight is 324 g/mol. The van der Waals surface area contributed by atoms with Crippen LogP contribution in [0.15, 0.2) is 40.9 Å². The summed E-state index contributed by atoms with van der Waals surface area (Å²) >= 11 is 3.44. The Morgan fingerprint density at radius 2 is 2.00 bits per heavy atom. The summed E-state index contributed by atoms with van der Waals surface area (Å²) in [4.78, 5) is 0. The fourth-order valence-electron chi connectivity index (χ4n) is 1.77. The van der Waals surface area contributed by atoms with E-state index < -0.39 is 0 Å². The number of rotatable bonds is 3. The van der Waals surface area contributed by atoms with E-state index in [9.17, 15) is 4.39 Å². The molecule has 2 nitrogen and oxygen atoms in total. The van der Waals surface area contributed by atoms with Crippen molar-refractivity contribution in [3.63, 3.8) is 0 Å². The fourth-order valence-corrected chi connectivity index (χ4v) is 2.49. The molecule has 0 aliphatic rings. The summed E-state index contributed by atoms with van der Waals surface area (Å²) in [5, 5.41) is 0. The van der Waals surface area contributed by atoms with Gasteiger partial charge in [0.05, 0.1) is 0 Å². The molecule has 2 rings (SSSR count). The quantitative estimate of drug-likeness (QED) is 0.887. The molecule has 1 atom stereocenters. The summed E-state index contributed by atoms with van der Waals surface area (Å²) in [5.74, 6) is 0.455. The van der Waals surface area contributed by atoms with Crippen LogP contribution in [0.4, 0.5) is 4.39 Å². The Morgan fingerprint density at radius 1 is 1.26 bits per heavy atom. The van der Waals surface area contributed by atoms with Crippen LogP contribution in [0.5, 0.6) is 11.5 Å². The van der Waals surface area contributed by atoms with Crippen molar-refractivity contribution in [2.45, 2.75) is 19.9 Å². The van der Waals surface area contributed by atoms with Gasteiger partial charge in [-0.05, 0) is 43.2 Å². The van der Waals surface area contributed by atoms with Crippen molar-refractivity contribution in [1.29, 1.82) is 0 Å². The maximum absolute atomic E-state index is 13.8. The van der Waals surface area contributed by atoms with Crippen LogP contribution in [0.25, 0.3) is 0 Å². The van der Waals surface area contributed by atoms with Crippen LogP contribution in [0.2, 0.25) is 0 Å². The highest BCUT2D eigenvalue weighted by molar-refractivity contribution is 9.10. The van der Waals surface area contributed by atoms with Gasteiger partial charge in [0.15, 0.2) is 11.6 Å². The Balaban J connectivity index is 2.29. The third kappa shape index (κ3) is 3.14. The van der Waals surface area contributed by atoms with E-state index in [-0.39, 0.29) is 17.6 Å². The number of benzene rings is 2. The van der Waals surface area contributed by atoms with E-state index in [2.05, 4.69) is 15.9 Å². The second-order valence-electron chi connectivity index (χ2n) is 4.46. The van der Waals surface area contributed by atoms with Crippen LogP contribution < -0.4 is 10.5 Å². The molecule has 0 saturated carbocycles. The van der Waals surface area contributed by atoms with Gasteiger partial charge in [0, 0.05) is 10.5 Å². The van der Waals surface area contributed by atoms with E-state index in [0.29, 0.717) is 11.3 Å². The molecule has 2 aromatic carbocycles. The van der Waals surface area contributed by atoms with Gasteiger partial charge in [-0.2, -0.15) is 0 Å². The lowest BCUT2D eigenvalue weighted by Crippen LogP contribution is -2.05. The highest BCUT2D eigenvalue weighted by atomic mass is 79.9. The third-order valence-corrected chi connectivity index (χ3v) is 3.53. The van der Waals surface area contributed by atoms with Crippen LogP contribution >= 0.6 is 15.9 Å². The smallest absolute Gasteiger partial charge is 0.168 e. The standard InChI is InChI=1S/C15H15BrFNO/c1-9-4-3-5-14(15(9)17)19-11-6-7-12(10(2)18)13(16)8-11/h3-8,10H,18H2,1-2H3.